The quantitative estimate of drug-likeness (QED) is 0.295. The number of benzene rings is 2. The van der Waals surface area contributed by atoms with E-state index in [0.29, 0.717) is 16.9 Å². The van der Waals surface area contributed by atoms with Crippen molar-refractivity contribution in [2.45, 2.75) is 33.1 Å². The Bertz CT molecular complexity index is 1600. The summed E-state index contributed by atoms with van der Waals surface area (Å²) in [7, 11) is 0. The monoisotopic (exact) mass is 545 g/mol. The molecule has 1 N–H and O–H groups in total. The Morgan fingerprint density at radius 1 is 1.13 bits per heavy atom. The van der Waals surface area contributed by atoms with Gasteiger partial charge in [-0.25, -0.2) is 9.18 Å². The molecule has 0 saturated carbocycles. The number of esters is 1. The number of nitrogens with zero attached hydrogens (tertiary/aromatic N) is 2. The van der Waals surface area contributed by atoms with E-state index in [9.17, 15) is 18.8 Å². The molecule has 4 aromatic rings. The third-order valence-electron chi connectivity index (χ3n) is 6.73. The van der Waals surface area contributed by atoms with Crippen LogP contribution < -0.4 is 4.90 Å². The molecule has 0 unspecified atom stereocenters. The van der Waals surface area contributed by atoms with E-state index < -0.39 is 17.2 Å². The van der Waals surface area contributed by atoms with E-state index in [2.05, 4.69) is 4.98 Å². The molecule has 2 amide bonds. The Hall–Kier alpha value is -4.24. The van der Waals surface area contributed by atoms with Crippen molar-refractivity contribution in [3.05, 3.63) is 88.8 Å². The van der Waals surface area contributed by atoms with Gasteiger partial charge in [0.1, 0.15) is 10.8 Å². The second kappa shape index (κ2) is 10.1. The average molecular weight is 546 g/mol. The van der Waals surface area contributed by atoms with Crippen LogP contribution in [0.3, 0.4) is 0 Å². The smallest absolute Gasteiger partial charge is 0.341 e. The maximum absolute atomic E-state index is 13.5. The van der Waals surface area contributed by atoms with Gasteiger partial charge in [-0.3, -0.25) is 14.5 Å². The van der Waals surface area contributed by atoms with Crippen molar-refractivity contribution in [3.63, 3.8) is 0 Å². The number of carbonyl (C=O) groups is 3. The summed E-state index contributed by atoms with van der Waals surface area (Å²) < 4.78 is 18.9. The number of aromatic nitrogens is 1. The number of halogens is 1. The van der Waals surface area contributed by atoms with Gasteiger partial charge >= 0.3 is 5.97 Å². The number of carbonyl (C=O) groups excluding carboxylic acids is 3. The molecule has 1 aliphatic rings. The van der Waals surface area contributed by atoms with Crippen molar-refractivity contribution in [2.24, 2.45) is 0 Å². The number of amides is 2. The second-order valence-electron chi connectivity index (χ2n) is 10.00. The number of hydrogen-bond donors (Lipinski definition) is 1. The topological polar surface area (TPSA) is 82.7 Å². The van der Waals surface area contributed by atoms with E-state index in [0.717, 1.165) is 21.5 Å². The van der Waals surface area contributed by atoms with Crippen molar-refractivity contribution in [1.29, 1.82) is 0 Å². The molecule has 200 valence electrons. The normalized spacial score (nSPS) is 14.4. The fourth-order valence-electron chi connectivity index (χ4n) is 5.11. The van der Waals surface area contributed by atoms with Crippen molar-refractivity contribution >= 4 is 56.3 Å². The average Bonchev–Trinajstić information content (AvgIpc) is 3.52. The molecule has 5 rings (SSSR count). The summed E-state index contributed by atoms with van der Waals surface area (Å²) in [6.45, 7) is 7.66. The van der Waals surface area contributed by atoms with Gasteiger partial charge in [0.15, 0.2) is 0 Å². The first-order valence-electron chi connectivity index (χ1n) is 12.6. The third kappa shape index (κ3) is 4.85. The molecule has 0 spiro atoms. The lowest BCUT2D eigenvalue weighted by molar-refractivity contribution is -0.136. The van der Waals surface area contributed by atoms with Crippen LogP contribution in [0.4, 0.5) is 15.1 Å². The zero-order chi connectivity index (χ0) is 27.9. The Labute approximate surface area is 229 Å². The number of nitrogens with one attached hydrogen (secondary N) is 1. The first kappa shape index (κ1) is 26.4. The standard InChI is InChI=1S/C30H28FN3O4S/c1-5-38-29(37)23-16-33(28(36)19-8-10-20(31)11-9-19)17-30(3,4)26-22-15-21(12-13-24(22)32-27(23)26)34(18(2)35)25-7-6-14-39-25/h6-16,32H,5,17H2,1-4H3. The van der Waals surface area contributed by atoms with Gasteiger partial charge in [0.2, 0.25) is 5.91 Å². The van der Waals surface area contributed by atoms with Gasteiger partial charge in [0.25, 0.3) is 5.91 Å². The molecule has 2 aromatic carbocycles. The van der Waals surface area contributed by atoms with Gasteiger partial charge in [-0.2, -0.15) is 0 Å². The summed E-state index contributed by atoms with van der Waals surface area (Å²) in [6.07, 6.45) is 1.51. The van der Waals surface area contributed by atoms with Crippen LogP contribution in [0.25, 0.3) is 16.5 Å². The number of rotatable bonds is 5. The molecule has 9 heteroatoms. The lowest BCUT2D eigenvalue weighted by atomic mass is 9.81. The first-order chi connectivity index (χ1) is 18.6. The zero-order valence-electron chi connectivity index (χ0n) is 22.1. The molecule has 2 aromatic heterocycles. The Balaban J connectivity index is 1.68. The summed E-state index contributed by atoms with van der Waals surface area (Å²) in [5.74, 6) is -1.49. The van der Waals surface area contributed by atoms with E-state index in [1.54, 1.807) is 11.8 Å². The van der Waals surface area contributed by atoms with E-state index in [4.69, 9.17) is 4.74 Å². The zero-order valence-corrected chi connectivity index (χ0v) is 22.9. The number of fused-ring (bicyclic) bond motifs is 3. The van der Waals surface area contributed by atoms with Crippen LogP contribution in [0.5, 0.6) is 0 Å². The van der Waals surface area contributed by atoms with Crippen LogP contribution in [0.2, 0.25) is 0 Å². The lowest BCUT2D eigenvalue weighted by Crippen LogP contribution is -2.37. The number of ether oxygens (including phenoxy) is 1. The molecular formula is C30H28FN3O4S. The predicted molar refractivity (Wildman–Crippen MR) is 151 cm³/mol. The van der Waals surface area contributed by atoms with E-state index in [1.165, 1.54) is 53.6 Å². The van der Waals surface area contributed by atoms with E-state index >= 15 is 0 Å². The minimum atomic E-state index is -0.628. The largest absolute Gasteiger partial charge is 0.462 e. The molecule has 1 aliphatic heterocycles. The van der Waals surface area contributed by atoms with Crippen molar-refractivity contribution < 1.29 is 23.5 Å². The second-order valence-corrected chi connectivity index (χ2v) is 10.9. The molecule has 0 atom stereocenters. The summed E-state index contributed by atoms with van der Waals surface area (Å²) in [5.41, 5.74) is 2.77. The fourth-order valence-corrected chi connectivity index (χ4v) is 5.90. The highest BCUT2D eigenvalue weighted by atomic mass is 32.1. The molecule has 0 radical (unpaired) electrons. The van der Waals surface area contributed by atoms with Crippen LogP contribution in [-0.4, -0.2) is 40.8 Å². The number of anilines is 2. The van der Waals surface area contributed by atoms with Gasteiger partial charge in [-0.05, 0) is 72.5 Å². The molecule has 0 saturated heterocycles. The molecular weight excluding hydrogens is 517 g/mol. The number of hydrogen-bond acceptors (Lipinski definition) is 5. The van der Waals surface area contributed by atoms with Crippen molar-refractivity contribution in [1.82, 2.24) is 9.88 Å². The molecule has 39 heavy (non-hydrogen) atoms. The lowest BCUT2D eigenvalue weighted by Gasteiger charge is -2.30. The van der Waals surface area contributed by atoms with Gasteiger partial charge in [0, 0.05) is 41.5 Å². The fraction of sp³-hybridized carbons (Fsp3) is 0.233. The Kier molecular flexibility index (Phi) is 6.86. The molecule has 7 nitrogen and oxygen atoms in total. The maximum Gasteiger partial charge on any atom is 0.341 e. The van der Waals surface area contributed by atoms with Crippen LogP contribution in [0, 0.1) is 5.82 Å². The number of H-pyrrole nitrogens is 1. The highest BCUT2D eigenvalue weighted by molar-refractivity contribution is 7.14. The Morgan fingerprint density at radius 2 is 1.87 bits per heavy atom. The van der Waals surface area contributed by atoms with Crippen LogP contribution in [0.15, 0.2) is 66.2 Å². The highest BCUT2D eigenvalue weighted by Crippen LogP contribution is 2.42. The van der Waals surface area contributed by atoms with Crippen LogP contribution >= 0.6 is 11.3 Å². The SMILES string of the molecule is CCOC(=O)C1=CN(C(=O)c2ccc(F)cc2)CC(C)(C)c2c1[nH]c1ccc(N(C(C)=O)c3cccs3)cc21. The highest BCUT2D eigenvalue weighted by Gasteiger charge is 2.38. The minimum absolute atomic E-state index is 0.124. The summed E-state index contributed by atoms with van der Waals surface area (Å²) >= 11 is 1.46. The van der Waals surface area contributed by atoms with Crippen LogP contribution in [0.1, 0.15) is 49.3 Å². The van der Waals surface area contributed by atoms with E-state index in [-0.39, 0.29) is 30.5 Å². The van der Waals surface area contributed by atoms with Crippen molar-refractivity contribution in [3.8, 4) is 0 Å². The summed E-state index contributed by atoms with van der Waals surface area (Å²) in [6, 6.07) is 14.8. The Morgan fingerprint density at radius 3 is 2.51 bits per heavy atom. The van der Waals surface area contributed by atoms with Crippen molar-refractivity contribution in [2.75, 3.05) is 18.1 Å². The minimum Gasteiger partial charge on any atom is -0.462 e. The molecule has 0 aliphatic carbocycles. The third-order valence-corrected chi connectivity index (χ3v) is 7.58. The first-order valence-corrected chi connectivity index (χ1v) is 13.4. The molecule has 3 heterocycles. The summed E-state index contributed by atoms with van der Waals surface area (Å²) in [5, 5.41) is 3.55. The van der Waals surface area contributed by atoms with Gasteiger partial charge in [0.05, 0.1) is 23.6 Å². The van der Waals surface area contributed by atoms with Gasteiger partial charge < -0.3 is 14.6 Å². The molecule has 0 bridgehead atoms. The summed E-state index contributed by atoms with van der Waals surface area (Å²) in [4.78, 5) is 45.9. The van der Waals surface area contributed by atoms with Gasteiger partial charge in [-0.1, -0.05) is 13.8 Å². The number of aromatic amines is 1. The van der Waals surface area contributed by atoms with E-state index in [1.807, 2.05) is 49.6 Å². The molecule has 0 fully saturated rings. The maximum atomic E-state index is 13.5. The van der Waals surface area contributed by atoms with Gasteiger partial charge in [-0.15, -0.1) is 11.3 Å². The number of thiophene rings is 1. The van der Waals surface area contributed by atoms with Crippen LogP contribution in [-0.2, 0) is 19.7 Å². The predicted octanol–water partition coefficient (Wildman–Crippen LogP) is 6.39.